The van der Waals surface area contributed by atoms with E-state index in [0.29, 0.717) is 11.3 Å². The Morgan fingerprint density at radius 2 is 2.17 bits per heavy atom. The first-order chi connectivity index (χ1) is 11.6. The van der Waals surface area contributed by atoms with E-state index in [1.54, 1.807) is 35.1 Å². The van der Waals surface area contributed by atoms with Crippen LogP contribution in [0.25, 0.3) is 11.3 Å². The number of aromatic amines is 1. The average molecular weight is 327 g/mol. The first kappa shape index (κ1) is 15.9. The van der Waals surface area contributed by atoms with Crippen LogP contribution in [0, 0.1) is 5.82 Å². The summed E-state index contributed by atoms with van der Waals surface area (Å²) in [5, 5.41) is 13.8. The third kappa shape index (κ3) is 3.05. The zero-order chi connectivity index (χ0) is 17.1. The molecular weight excluding hydrogens is 309 g/mol. The molecule has 2 aromatic heterocycles. The monoisotopic (exact) mass is 327 g/mol. The van der Waals surface area contributed by atoms with Crippen LogP contribution in [-0.2, 0) is 7.05 Å². The van der Waals surface area contributed by atoms with Crippen molar-refractivity contribution < 1.29 is 9.18 Å². The summed E-state index contributed by atoms with van der Waals surface area (Å²) >= 11 is 0. The number of rotatable bonds is 5. The lowest BCUT2D eigenvalue weighted by molar-refractivity contribution is 0.0929. The molecule has 1 unspecified atom stereocenters. The summed E-state index contributed by atoms with van der Waals surface area (Å²) in [5.74, 6) is -0.671. The highest BCUT2D eigenvalue weighted by molar-refractivity contribution is 5.93. The second-order valence-electron chi connectivity index (χ2n) is 5.46. The van der Waals surface area contributed by atoms with Gasteiger partial charge in [-0.3, -0.25) is 14.6 Å². The Labute approximate surface area is 138 Å². The minimum absolute atomic E-state index is 0.162. The van der Waals surface area contributed by atoms with Crippen LogP contribution in [0.2, 0.25) is 0 Å². The summed E-state index contributed by atoms with van der Waals surface area (Å²) in [6.45, 7) is 1.98. The molecule has 0 saturated carbocycles. The highest BCUT2D eigenvalue weighted by Gasteiger charge is 2.19. The predicted octanol–water partition coefficient (Wildman–Crippen LogP) is 2.83. The number of hydrogen-bond acceptors (Lipinski definition) is 3. The third-order valence-corrected chi connectivity index (χ3v) is 3.90. The summed E-state index contributed by atoms with van der Waals surface area (Å²) in [6, 6.07) is 9.57. The molecule has 124 valence electrons. The fourth-order valence-electron chi connectivity index (χ4n) is 2.59. The van der Waals surface area contributed by atoms with Gasteiger partial charge in [0.1, 0.15) is 11.5 Å². The number of carbonyl (C=O) groups excluding carboxylic acids is 1. The zero-order valence-electron chi connectivity index (χ0n) is 13.5. The van der Waals surface area contributed by atoms with Gasteiger partial charge in [-0.25, -0.2) is 4.39 Å². The maximum absolute atomic E-state index is 13.8. The molecule has 0 radical (unpaired) electrons. The van der Waals surface area contributed by atoms with Crippen LogP contribution in [0.1, 0.15) is 35.6 Å². The van der Waals surface area contributed by atoms with Gasteiger partial charge >= 0.3 is 0 Å². The number of hydrogen-bond donors (Lipinski definition) is 2. The molecule has 1 atom stereocenters. The molecule has 6 nitrogen and oxygen atoms in total. The minimum Gasteiger partial charge on any atom is -0.342 e. The number of carbonyl (C=O) groups is 1. The summed E-state index contributed by atoms with van der Waals surface area (Å²) in [4.78, 5) is 12.4. The molecule has 0 bridgehead atoms. The van der Waals surface area contributed by atoms with Crippen molar-refractivity contribution in [1.82, 2.24) is 25.3 Å². The molecule has 1 amide bonds. The van der Waals surface area contributed by atoms with Gasteiger partial charge in [-0.2, -0.15) is 10.2 Å². The maximum Gasteiger partial charge on any atom is 0.269 e. The minimum atomic E-state index is -0.378. The Kier molecular flexibility index (Phi) is 4.41. The number of halogens is 1. The number of nitrogens with one attached hydrogen (secondary N) is 2. The SMILES string of the molecule is CCC(NC(=O)c1cc(-c2ccccc2F)n[nH]1)c1ccnn1C. The standard InChI is InChI=1S/C17H18FN5O/c1-3-13(16-8-9-19-23(16)2)20-17(24)15-10-14(21-22-15)11-6-4-5-7-12(11)18/h4-10,13H,3H2,1-2H3,(H,20,24)(H,21,22). The van der Waals surface area contributed by atoms with Crippen LogP contribution in [0.3, 0.4) is 0 Å². The van der Waals surface area contributed by atoms with Crippen molar-refractivity contribution in [2.45, 2.75) is 19.4 Å². The number of H-pyrrole nitrogens is 1. The Hall–Kier alpha value is -2.96. The summed E-state index contributed by atoms with van der Waals surface area (Å²) < 4.78 is 15.5. The van der Waals surface area contributed by atoms with Crippen molar-refractivity contribution in [2.75, 3.05) is 0 Å². The van der Waals surface area contributed by atoms with Gasteiger partial charge in [-0.05, 0) is 30.7 Å². The molecule has 3 aromatic rings. The first-order valence-electron chi connectivity index (χ1n) is 7.69. The molecule has 2 heterocycles. The Morgan fingerprint density at radius 1 is 1.38 bits per heavy atom. The predicted molar refractivity (Wildman–Crippen MR) is 87.7 cm³/mol. The zero-order valence-corrected chi connectivity index (χ0v) is 13.5. The topological polar surface area (TPSA) is 75.6 Å². The maximum atomic E-state index is 13.8. The third-order valence-electron chi connectivity index (χ3n) is 3.90. The highest BCUT2D eigenvalue weighted by Crippen LogP contribution is 2.21. The van der Waals surface area contributed by atoms with Gasteiger partial charge < -0.3 is 5.32 Å². The van der Waals surface area contributed by atoms with Gasteiger partial charge in [-0.1, -0.05) is 19.1 Å². The Balaban J connectivity index is 1.79. The number of amides is 1. The van der Waals surface area contributed by atoms with Crippen LogP contribution in [0.15, 0.2) is 42.6 Å². The number of nitrogens with zero attached hydrogens (tertiary/aromatic N) is 3. The molecule has 0 fully saturated rings. The number of aromatic nitrogens is 4. The van der Waals surface area contributed by atoms with E-state index in [-0.39, 0.29) is 23.5 Å². The van der Waals surface area contributed by atoms with Crippen LogP contribution >= 0.6 is 0 Å². The van der Waals surface area contributed by atoms with E-state index in [1.165, 1.54) is 6.07 Å². The van der Waals surface area contributed by atoms with Crippen LogP contribution < -0.4 is 5.32 Å². The van der Waals surface area contributed by atoms with Crippen molar-refractivity contribution in [3.05, 3.63) is 59.8 Å². The lowest BCUT2D eigenvalue weighted by Gasteiger charge is -2.16. The number of aryl methyl sites for hydroxylation is 1. The van der Waals surface area contributed by atoms with Crippen LogP contribution in [0.5, 0.6) is 0 Å². The van der Waals surface area contributed by atoms with E-state index in [4.69, 9.17) is 0 Å². The largest absolute Gasteiger partial charge is 0.342 e. The van der Waals surface area contributed by atoms with Gasteiger partial charge in [0.05, 0.1) is 17.4 Å². The second-order valence-corrected chi connectivity index (χ2v) is 5.46. The van der Waals surface area contributed by atoms with E-state index in [2.05, 4.69) is 20.6 Å². The molecule has 0 saturated heterocycles. The van der Waals surface area contributed by atoms with Crippen molar-refractivity contribution in [1.29, 1.82) is 0 Å². The molecule has 1 aromatic carbocycles. The smallest absolute Gasteiger partial charge is 0.269 e. The van der Waals surface area contributed by atoms with Crippen LogP contribution in [0.4, 0.5) is 4.39 Å². The van der Waals surface area contributed by atoms with Gasteiger partial charge in [-0.15, -0.1) is 0 Å². The van der Waals surface area contributed by atoms with Crippen molar-refractivity contribution in [2.24, 2.45) is 7.05 Å². The van der Waals surface area contributed by atoms with E-state index in [1.807, 2.05) is 20.0 Å². The van der Waals surface area contributed by atoms with Gasteiger partial charge in [0.25, 0.3) is 5.91 Å². The first-order valence-corrected chi connectivity index (χ1v) is 7.69. The lowest BCUT2D eigenvalue weighted by atomic mass is 10.1. The van der Waals surface area contributed by atoms with Gasteiger partial charge in [0, 0.05) is 18.8 Å². The lowest BCUT2D eigenvalue weighted by Crippen LogP contribution is -2.29. The van der Waals surface area contributed by atoms with Crippen molar-refractivity contribution in [3.63, 3.8) is 0 Å². The normalized spacial score (nSPS) is 12.1. The van der Waals surface area contributed by atoms with E-state index >= 15 is 0 Å². The Bertz CT molecular complexity index is 854. The Morgan fingerprint density at radius 3 is 2.83 bits per heavy atom. The van der Waals surface area contributed by atoms with E-state index < -0.39 is 0 Å². The molecule has 2 N–H and O–H groups in total. The second kappa shape index (κ2) is 6.66. The average Bonchev–Trinajstić information content (AvgIpc) is 3.22. The molecule has 0 spiro atoms. The fraction of sp³-hybridized carbons (Fsp3) is 0.235. The van der Waals surface area contributed by atoms with Crippen molar-refractivity contribution in [3.8, 4) is 11.3 Å². The number of benzene rings is 1. The van der Waals surface area contributed by atoms with Gasteiger partial charge in [0.15, 0.2) is 0 Å². The summed E-state index contributed by atoms with van der Waals surface area (Å²) in [7, 11) is 1.83. The summed E-state index contributed by atoms with van der Waals surface area (Å²) in [6.07, 6.45) is 2.41. The molecule has 7 heteroatoms. The molecule has 0 aliphatic rings. The fourth-order valence-corrected chi connectivity index (χ4v) is 2.59. The molecular formula is C17H18FN5O. The highest BCUT2D eigenvalue weighted by atomic mass is 19.1. The van der Waals surface area contributed by atoms with Crippen molar-refractivity contribution >= 4 is 5.91 Å². The summed E-state index contributed by atoms with van der Waals surface area (Å²) in [5.41, 5.74) is 1.95. The van der Waals surface area contributed by atoms with Crippen LogP contribution in [-0.4, -0.2) is 25.9 Å². The molecule has 3 rings (SSSR count). The van der Waals surface area contributed by atoms with E-state index in [0.717, 1.165) is 12.1 Å². The molecule has 0 aliphatic carbocycles. The quantitative estimate of drug-likeness (QED) is 0.756. The molecule has 24 heavy (non-hydrogen) atoms. The molecule has 0 aliphatic heterocycles. The van der Waals surface area contributed by atoms with Gasteiger partial charge in [0.2, 0.25) is 0 Å². The van der Waals surface area contributed by atoms with E-state index in [9.17, 15) is 9.18 Å².